The Labute approximate surface area is 309 Å². The first-order valence-corrected chi connectivity index (χ1v) is 18.5. The van der Waals surface area contributed by atoms with E-state index in [4.69, 9.17) is 10.5 Å². The Morgan fingerprint density at radius 3 is 1.85 bits per heavy atom. The standard InChI is InChI=1S/C42H58N4O6/c1-28(2)26-42(5,6)41(51)46-35(25-32-20-11-8-12-21-32)39(49)45-34(24-31-18-9-7-10-19-31)38(48)44-33(22-13-14-23-43)36(47)27-52-40(50)37-29(3)16-15-17-30(37)4/h7-12,16,18-21,28,33-35H,13-15,17,22-27,43H2,1-6H3,(H,44,48)(H,45,49)(H,46,51). The zero-order chi connectivity index (χ0) is 38.3. The van der Waals surface area contributed by atoms with Crippen molar-refractivity contribution in [1.29, 1.82) is 0 Å². The number of ketones is 1. The molecule has 0 saturated heterocycles. The van der Waals surface area contributed by atoms with Crippen LogP contribution in [0.2, 0.25) is 0 Å². The van der Waals surface area contributed by atoms with E-state index in [9.17, 15) is 24.0 Å². The lowest BCUT2D eigenvalue weighted by Crippen LogP contribution is -2.58. The maximum Gasteiger partial charge on any atom is 0.338 e. The molecule has 0 heterocycles. The van der Waals surface area contributed by atoms with Crippen molar-refractivity contribution < 1.29 is 28.7 Å². The summed E-state index contributed by atoms with van der Waals surface area (Å²) in [4.78, 5) is 68.3. The molecular weight excluding hydrogens is 656 g/mol. The number of nitrogens with two attached hydrogens (primary N) is 1. The van der Waals surface area contributed by atoms with Crippen LogP contribution in [0, 0.1) is 11.3 Å². The second-order valence-electron chi connectivity index (χ2n) is 14.9. The first kappa shape index (κ1) is 41.8. The zero-order valence-corrected chi connectivity index (χ0v) is 31.8. The largest absolute Gasteiger partial charge is 0.454 e. The number of benzene rings is 2. The van der Waals surface area contributed by atoms with Gasteiger partial charge in [0.05, 0.1) is 11.6 Å². The second kappa shape index (κ2) is 20.5. The molecule has 0 aliphatic heterocycles. The fraction of sp³-hybridized carbons (Fsp3) is 0.500. The van der Waals surface area contributed by atoms with Gasteiger partial charge in [-0.25, -0.2) is 4.79 Å². The van der Waals surface area contributed by atoms with Crippen molar-refractivity contribution in [2.24, 2.45) is 17.1 Å². The number of carbonyl (C=O) groups excluding carboxylic acids is 5. The van der Waals surface area contributed by atoms with E-state index < -0.39 is 53.7 Å². The summed E-state index contributed by atoms with van der Waals surface area (Å²) < 4.78 is 5.48. The number of ether oxygens (including phenoxy) is 1. The summed E-state index contributed by atoms with van der Waals surface area (Å²) in [5.74, 6) is -2.10. The Kier molecular flexibility index (Phi) is 16.5. The van der Waals surface area contributed by atoms with Gasteiger partial charge >= 0.3 is 5.97 Å². The van der Waals surface area contributed by atoms with Gasteiger partial charge in [0.1, 0.15) is 12.1 Å². The van der Waals surface area contributed by atoms with Gasteiger partial charge in [-0.1, -0.05) is 100 Å². The number of hydrogen-bond acceptors (Lipinski definition) is 7. The molecule has 0 bridgehead atoms. The highest BCUT2D eigenvalue weighted by Crippen LogP contribution is 2.27. The van der Waals surface area contributed by atoms with Gasteiger partial charge in [0, 0.05) is 18.3 Å². The molecule has 0 spiro atoms. The SMILES string of the molecule is CC1=CCCC(C)=C1C(=O)OCC(=O)C(CCCCN)NC(=O)C(Cc1ccccc1)NC(=O)C(Cc1ccccc1)NC(=O)C(C)(C)CC(C)C. The molecule has 3 atom stereocenters. The van der Waals surface area contributed by atoms with Gasteiger partial charge in [-0.3, -0.25) is 19.2 Å². The third kappa shape index (κ3) is 13.2. The maximum atomic E-state index is 14.1. The average molecular weight is 715 g/mol. The molecule has 0 radical (unpaired) electrons. The number of Topliss-reactive ketones (excluding diaryl/α,β-unsaturated/α-hetero) is 1. The number of nitrogens with one attached hydrogen (secondary N) is 3. The van der Waals surface area contributed by atoms with Crippen molar-refractivity contribution in [1.82, 2.24) is 16.0 Å². The molecule has 0 saturated carbocycles. The Morgan fingerprint density at radius 2 is 1.33 bits per heavy atom. The Bertz CT molecular complexity index is 1580. The van der Waals surface area contributed by atoms with Crippen LogP contribution >= 0.6 is 0 Å². The second-order valence-corrected chi connectivity index (χ2v) is 14.9. The zero-order valence-electron chi connectivity index (χ0n) is 31.8. The first-order valence-electron chi connectivity index (χ1n) is 18.5. The van der Waals surface area contributed by atoms with Crippen LogP contribution in [-0.2, 0) is 41.6 Å². The van der Waals surface area contributed by atoms with E-state index in [1.807, 2.05) is 108 Å². The van der Waals surface area contributed by atoms with E-state index in [0.29, 0.717) is 31.4 Å². The summed E-state index contributed by atoms with van der Waals surface area (Å²) in [7, 11) is 0. The minimum absolute atomic E-state index is 0.140. The van der Waals surface area contributed by atoms with Gasteiger partial charge in [0.2, 0.25) is 17.7 Å². The highest BCUT2D eigenvalue weighted by atomic mass is 16.5. The van der Waals surface area contributed by atoms with E-state index in [1.165, 1.54) is 0 Å². The fourth-order valence-corrected chi connectivity index (χ4v) is 6.65. The fourth-order valence-electron chi connectivity index (χ4n) is 6.65. The minimum atomic E-state index is -1.08. The lowest BCUT2D eigenvalue weighted by atomic mass is 9.83. The third-order valence-corrected chi connectivity index (χ3v) is 9.35. The molecule has 3 rings (SSSR count). The maximum absolute atomic E-state index is 14.1. The van der Waals surface area contributed by atoms with Crippen LogP contribution in [0.1, 0.15) is 91.2 Å². The highest BCUT2D eigenvalue weighted by Gasteiger charge is 2.34. The van der Waals surface area contributed by atoms with Gasteiger partial charge in [0.15, 0.2) is 12.4 Å². The van der Waals surface area contributed by atoms with Gasteiger partial charge < -0.3 is 26.4 Å². The topological polar surface area (TPSA) is 157 Å². The molecule has 1 aliphatic carbocycles. The van der Waals surface area contributed by atoms with E-state index in [1.54, 1.807) is 0 Å². The van der Waals surface area contributed by atoms with Crippen molar-refractivity contribution in [2.75, 3.05) is 13.2 Å². The van der Waals surface area contributed by atoms with E-state index in [-0.39, 0.29) is 31.1 Å². The molecule has 3 amide bonds. The van der Waals surface area contributed by atoms with Crippen LogP contribution in [-0.4, -0.2) is 60.8 Å². The van der Waals surface area contributed by atoms with Gasteiger partial charge in [0.25, 0.3) is 0 Å². The predicted octanol–water partition coefficient (Wildman–Crippen LogP) is 5.30. The summed E-state index contributed by atoms with van der Waals surface area (Å²) in [5.41, 5.74) is 8.85. The summed E-state index contributed by atoms with van der Waals surface area (Å²) >= 11 is 0. The summed E-state index contributed by atoms with van der Waals surface area (Å²) in [6.07, 6.45) is 6.02. The average Bonchev–Trinajstić information content (AvgIpc) is 3.09. The van der Waals surface area contributed by atoms with Crippen LogP contribution < -0.4 is 21.7 Å². The monoisotopic (exact) mass is 714 g/mol. The molecule has 3 unspecified atom stereocenters. The highest BCUT2D eigenvalue weighted by molar-refractivity contribution is 5.98. The molecule has 2 aromatic rings. The van der Waals surface area contributed by atoms with E-state index >= 15 is 0 Å². The Morgan fingerprint density at radius 1 is 0.788 bits per heavy atom. The summed E-state index contributed by atoms with van der Waals surface area (Å²) in [5, 5.41) is 8.72. The molecule has 2 aromatic carbocycles. The van der Waals surface area contributed by atoms with Crippen LogP contribution in [0.15, 0.2) is 83.5 Å². The molecular formula is C42H58N4O6. The molecule has 282 valence electrons. The summed E-state index contributed by atoms with van der Waals surface area (Å²) in [6, 6.07) is 15.6. The normalized spacial score (nSPS) is 14.9. The quantitative estimate of drug-likeness (QED) is 0.107. The Balaban J connectivity index is 1.85. The smallest absolute Gasteiger partial charge is 0.338 e. The molecule has 52 heavy (non-hydrogen) atoms. The summed E-state index contributed by atoms with van der Waals surface area (Å²) in [6.45, 7) is 11.4. The number of unbranched alkanes of at least 4 members (excludes halogenated alkanes) is 1. The van der Waals surface area contributed by atoms with Crippen molar-refractivity contribution in [3.8, 4) is 0 Å². The van der Waals surface area contributed by atoms with Gasteiger partial charge in [-0.15, -0.1) is 0 Å². The molecule has 10 nitrogen and oxygen atoms in total. The van der Waals surface area contributed by atoms with Crippen molar-refractivity contribution in [3.05, 3.63) is 94.6 Å². The molecule has 5 N–H and O–H groups in total. The number of carbonyl (C=O) groups is 5. The number of amides is 3. The van der Waals surface area contributed by atoms with Crippen LogP contribution in [0.25, 0.3) is 0 Å². The van der Waals surface area contributed by atoms with Crippen LogP contribution in [0.3, 0.4) is 0 Å². The van der Waals surface area contributed by atoms with Crippen molar-refractivity contribution in [2.45, 2.75) is 111 Å². The first-order chi connectivity index (χ1) is 24.7. The van der Waals surface area contributed by atoms with E-state index in [0.717, 1.165) is 35.1 Å². The number of hydrogen-bond donors (Lipinski definition) is 4. The van der Waals surface area contributed by atoms with Gasteiger partial charge in [-0.2, -0.15) is 0 Å². The van der Waals surface area contributed by atoms with Crippen LogP contribution in [0.5, 0.6) is 0 Å². The molecule has 0 fully saturated rings. The van der Waals surface area contributed by atoms with Crippen molar-refractivity contribution in [3.63, 3.8) is 0 Å². The number of allylic oxidation sites excluding steroid dienone is 2. The molecule has 1 aliphatic rings. The lowest BCUT2D eigenvalue weighted by Gasteiger charge is -2.29. The van der Waals surface area contributed by atoms with Crippen LogP contribution in [0.4, 0.5) is 0 Å². The minimum Gasteiger partial charge on any atom is -0.454 e. The third-order valence-electron chi connectivity index (χ3n) is 9.35. The predicted molar refractivity (Wildman–Crippen MR) is 204 cm³/mol. The molecule has 10 heteroatoms. The van der Waals surface area contributed by atoms with Crippen molar-refractivity contribution >= 4 is 29.5 Å². The number of rotatable bonds is 20. The number of esters is 1. The molecule has 0 aromatic heterocycles. The van der Waals surface area contributed by atoms with Gasteiger partial charge in [-0.05, 0) is 81.5 Å². The lowest BCUT2D eigenvalue weighted by molar-refractivity contribution is -0.145. The Hall–Kier alpha value is -4.57. The van der Waals surface area contributed by atoms with E-state index in [2.05, 4.69) is 16.0 Å².